The zero-order valence-corrected chi connectivity index (χ0v) is 13.9. The molecule has 1 unspecified atom stereocenters. The van der Waals surface area contributed by atoms with Gasteiger partial charge in [-0.1, -0.05) is 22.9 Å². The van der Waals surface area contributed by atoms with Gasteiger partial charge in [0.05, 0.1) is 13.2 Å². The van der Waals surface area contributed by atoms with Crippen molar-refractivity contribution in [3.63, 3.8) is 0 Å². The summed E-state index contributed by atoms with van der Waals surface area (Å²) in [5, 5.41) is 3.88. The van der Waals surface area contributed by atoms with Crippen LogP contribution < -0.4 is 5.32 Å². The number of hydrogen-bond donors (Lipinski definition) is 1. The van der Waals surface area contributed by atoms with E-state index in [0.29, 0.717) is 5.13 Å². The average Bonchev–Trinajstić information content (AvgIpc) is 2.88. The molecule has 4 nitrogen and oxygen atoms in total. The second-order valence-corrected chi connectivity index (χ2v) is 7.14. The Morgan fingerprint density at radius 2 is 2.36 bits per heavy atom. The highest BCUT2D eigenvalue weighted by atomic mass is 35.5. The zero-order chi connectivity index (χ0) is 15.7. The molecule has 116 valence electrons. The van der Waals surface area contributed by atoms with E-state index in [-0.39, 0.29) is 21.9 Å². The van der Waals surface area contributed by atoms with Crippen LogP contribution in [0.3, 0.4) is 0 Å². The minimum absolute atomic E-state index is 0.0559. The van der Waals surface area contributed by atoms with Gasteiger partial charge in [-0.05, 0) is 30.2 Å². The normalized spacial score (nSPS) is 17.0. The molecule has 0 radical (unpaired) electrons. The van der Waals surface area contributed by atoms with E-state index in [1.54, 1.807) is 17.8 Å². The number of aromatic nitrogens is 1. The Morgan fingerprint density at radius 1 is 1.55 bits per heavy atom. The molecule has 0 fully saturated rings. The Morgan fingerprint density at radius 3 is 3.14 bits per heavy atom. The van der Waals surface area contributed by atoms with Gasteiger partial charge in [-0.25, -0.2) is 14.2 Å². The van der Waals surface area contributed by atoms with Crippen molar-refractivity contribution in [1.82, 2.24) is 4.98 Å². The van der Waals surface area contributed by atoms with Crippen LogP contribution >= 0.6 is 34.7 Å². The number of nitrogens with zero attached hydrogens (tertiary/aromatic N) is 1. The maximum absolute atomic E-state index is 13.5. The molecular formula is C14H12ClFN2O2S2. The van der Waals surface area contributed by atoms with Gasteiger partial charge in [0.25, 0.3) is 0 Å². The lowest BCUT2D eigenvalue weighted by atomic mass is 10.0. The molecule has 2 aromatic rings. The third-order valence-electron chi connectivity index (χ3n) is 3.27. The molecule has 0 spiro atoms. The summed E-state index contributed by atoms with van der Waals surface area (Å²) in [5.41, 5.74) is 0.905. The van der Waals surface area contributed by atoms with Crippen molar-refractivity contribution < 1.29 is 13.9 Å². The van der Waals surface area contributed by atoms with Gasteiger partial charge >= 0.3 is 5.97 Å². The summed E-state index contributed by atoms with van der Waals surface area (Å²) in [6.07, 6.45) is 0.839. The fourth-order valence-electron chi connectivity index (χ4n) is 2.25. The Hall–Kier alpha value is -1.31. The van der Waals surface area contributed by atoms with Crippen LogP contribution in [0.4, 0.5) is 9.52 Å². The number of thiazole rings is 1. The number of rotatable bonds is 3. The molecule has 0 bridgehead atoms. The molecule has 1 aliphatic heterocycles. The number of nitrogens with one attached hydrogen (secondary N) is 1. The molecule has 1 atom stereocenters. The van der Waals surface area contributed by atoms with Gasteiger partial charge in [0.2, 0.25) is 0 Å². The number of methoxy groups -OCH3 is 1. The number of hydrogen-bond acceptors (Lipinski definition) is 6. The van der Waals surface area contributed by atoms with Gasteiger partial charge < -0.3 is 10.1 Å². The third-order valence-corrected chi connectivity index (χ3v) is 5.74. The predicted molar refractivity (Wildman–Crippen MR) is 86.6 cm³/mol. The number of fused-ring (bicyclic) bond motifs is 1. The van der Waals surface area contributed by atoms with Crippen LogP contribution in [0.5, 0.6) is 0 Å². The average molecular weight is 359 g/mol. The largest absolute Gasteiger partial charge is 0.465 e. The van der Waals surface area contributed by atoms with E-state index in [9.17, 15) is 9.18 Å². The molecule has 3 rings (SSSR count). The number of benzene rings is 1. The summed E-state index contributed by atoms with van der Waals surface area (Å²) >= 11 is 8.80. The van der Waals surface area contributed by atoms with Crippen LogP contribution in [0.1, 0.15) is 27.7 Å². The summed E-state index contributed by atoms with van der Waals surface area (Å²) in [7, 11) is 1.29. The number of halogens is 2. The monoisotopic (exact) mass is 358 g/mol. The molecule has 1 aliphatic rings. The van der Waals surface area contributed by atoms with Crippen molar-refractivity contribution in [2.45, 2.75) is 17.4 Å². The van der Waals surface area contributed by atoms with E-state index < -0.39 is 5.97 Å². The Kier molecular flexibility index (Phi) is 4.56. The second kappa shape index (κ2) is 6.44. The van der Waals surface area contributed by atoms with E-state index >= 15 is 0 Å². The molecule has 0 amide bonds. The van der Waals surface area contributed by atoms with E-state index in [4.69, 9.17) is 11.6 Å². The first-order valence-electron chi connectivity index (χ1n) is 6.52. The number of ether oxygens (including phenoxy) is 1. The van der Waals surface area contributed by atoms with Crippen molar-refractivity contribution in [3.8, 4) is 0 Å². The van der Waals surface area contributed by atoms with Crippen LogP contribution in [-0.4, -0.2) is 23.8 Å². The van der Waals surface area contributed by atoms with Crippen LogP contribution in [0, 0.1) is 5.82 Å². The molecule has 22 heavy (non-hydrogen) atoms. The van der Waals surface area contributed by atoms with Crippen molar-refractivity contribution in [2.75, 3.05) is 18.2 Å². The third kappa shape index (κ3) is 3.06. The molecule has 0 aliphatic carbocycles. The number of anilines is 1. The minimum atomic E-state index is -0.513. The van der Waals surface area contributed by atoms with Crippen LogP contribution in [0.15, 0.2) is 23.1 Å². The Bertz CT molecular complexity index is 723. The quantitative estimate of drug-likeness (QED) is 0.825. The van der Waals surface area contributed by atoms with E-state index in [2.05, 4.69) is 15.0 Å². The van der Waals surface area contributed by atoms with Crippen molar-refractivity contribution in [2.24, 2.45) is 0 Å². The number of carbonyl (C=O) groups excluding carboxylic acids is 1. The van der Waals surface area contributed by atoms with E-state index in [0.717, 1.165) is 34.0 Å². The van der Waals surface area contributed by atoms with Crippen molar-refractivity contribution in [3.05, 3.63) is 39.6 Å². The first kappa shape index (κ1) is 15.6. The van der Waals surface area contributed by atoms with Crippen LogP contribution in [0.25, 0.3) is 0 Å². The minimum Gasteiger partial charge on any atom is -0.465 e. The molecule has 2 heterocycles. The molecule has 0 saturated carbocycles. The fraction of sp³-hybridized carbons (Fsp3) is 0.286. The van der Waals surface area contributed by atoms with Crippen LogP contribution in [0.2, 0.25) is 5.15 Å². The lowest BCUT2D eigenvalue weighted by Gasteiger charge is -2.25. The number of esters is 1. The predicted octanol–water partition coefficient (Wildman–Crippen LogP) is 4.37. The van der Waals surface area contributed by atoms with Gasteiger partial charge in [-0.2, -0.15) is 0 Å². The summed E-state index contributed by atoms with van der Waals surface area (Å²) in [5.74, 6) is 0.154. The van der Waals surface area contributed by atoms with E-state index in [1.165, 1.54) is 19.2 Å². The summed E-state index contributed by atoms with van der Waals surface area (Å²) in [4.78, 5) is 17.0. The highest BCUT2D eigenvalue weighted by Gasteiger charge is 2.24. The lowest BCUT2D eigenvalue weighted by Crippen LogP contribution is -2.16. The molecule has 1 aromatic heterocycles. The van der Waals surface area contributed by atoms with Gasteiger partial charge in [-0.15, -0.1) is 11.8 Å². The van der Waals surface area contributed by atoms with Crippen LogP contribution in [-0.2, 0) is 4.74 Å². The smallest absolute Gasteiger partial charge is 0.351 e. The summed E-state index contributed by atoms with van der Waals surface area (Å²) in [6.45, 7) is 0. The first-order chi connectivity index (χ1) is 10.6. The molecule has 1 aromatic carbocycles. The summed E-state index contributed by atoms with van der Waals surface area (Å²) in [6, 6.07) is 4.73. The molecule has 8 heteroatoms. The zero-order valence-electron chi connectivity index (χ0n) is 11.6. The van der Waals surface area contributed by atoms with E-state index in [1.807, 2.05) is 0 Å². The van der Waals surface area contributed by atoms with Crippen molar-refractivity contribution in [1.29, 1.82) is 0 Å². The summed E-state index contributed by atoms with van der Waals surface area (Å²) < 4.78 is 18.2. The standard InChI is InChI=1S/C14H12ClFN2O2S2/c1-20-13(19)11-12(15)18-14(22-11)17-9-4-5-21-10-3-2-7(16)6-8(9)10/h2-3,6,9H,4-5H2,1H3,(H,17,18). The number of thioether (sulfide) groups is 1. The lowest BCUT2D eigenvalue weighted by molar-refractivity contribution is 0.0606. The van der Waals surface area contributed by atoms with Gasteiger partial charge in [0.15, 0.2) is 15.2 Å². The van der Waals surface area contributed by atoms with Crippen molar-refractivity contribution >= 4 is 45.8 Å². The van der Waals surface area contributed by atoms with Gasteiger partial charge in [0, 0.05) is 10.6 Å². The Labute approximate surface area is 140 Å². The molecule has 0 saturated heterocycles. The highest BCUT2D eigenvalue weighted by Crippen LogP contribution is 2.39. The second-order valence-electron chi connectivity index (χ2n) is 4.65. The fourth-order valence-corrected chi connectivity index (χ4v) is 4.51. The molecule has 1 N–H and O–H groups in total. The molecular weight excluding hydrogens is 347 g/mol. The first-order valence-corrected chi connectivity index (χ1v) is 8.70. The maximum atomic E-state index is 13.5. The Balaban J connectivity index is 1.86. The maximum Gasteiger partial charge on any atom is 0.351 e. The SMILES string of the molecule is COC(=O)c1sc(NC2CCSc3ccc(F)cc32)nc1Cl. The van der Waals surface area contributed by atoms with Gasteiger partial charge in [-0.3, -0.25) is 0 Å². The topological polar surface area (TPSA) is 51.2 Å². The number of carbonyl (C=O) groups is 1. The highest BCUT2D eigenvalue weighted by molar-refractivity contribution is 7.99. The van der Waals surface area contributed by atoms with Gasteiger partial charge in [0.1, 0.15) is 5.82 Å².